The molecule has 0 unspecified atom stereocenters. The number of imidazole rings is 1. The van der Waals surface area contributed by atoms with Gasteiger partial charge in [-0.15, -0.1) is 11.3 Å². The van der Waals surface area contributed by atoms with Gasteiger partial charge in [0.15, 0.2) is 4.96 Å². The molecule has 0 spiro atoms. The smallest absolute Gasteiger partial charge is 0.246 e. The molecule has 0 radical (unpaired) electrons. The predicted molar refractivity (Wildman–Crippen MR) is 118 cm³/mol. The SMILES string of the molecule is Cc1cc(C=NNC(=O)Cc2cn3ccsc3n2)c(C)n1-c1cc(Cl)ccc1Cl. The number of aromatic nitrogens is 3. The molecule has 1 aromatic carbocycles. The Balaban J connectivity index is 1.48. The van der Waals surface area contributed by atoms with E-state index in [1.54, 1.807) is 18.3 Å². The first-order chi connectivity index (χ1) is 13.9. The van der Waals surface area contributed by atoms with Crippen molar-refractivity contribution in [1.82, 2.24) is 19.4 Å². The van der Waals surface area contributed by atoms with E-state index in [9.17, 15) is 4.79 Å². The predicted octanol–water partition coefficient (Wildman–Crippen LogP) is 4.80. The number of carbonyl (C=O) groups is 1. The molecule has 3 aromatic heterocycles. The molecule has 0 aliphatic heterocycles. The summed E-state index contributed by atoms with van der Waals surface area (Å²) in [5, 5.41) is 7.26. The van der Waals surface area contributed by atoms with Crippen molar-refractivity contribution in [1.29, 1.82) is 0 Å². The van der Waals surface area contributed by atoms with Crippen molar-refractivity contribution in [3.63, 3.8) is 0 Å². The molecule has 148 valence electrons. The third-order valence-corrected chi connectivity index (χ3v) is 5.82. The lowest BCUT2D eigenvalue weighted by atomic mass is 10.2. The first-order valence-corrected chi connectivity index (χ1v) is 10.4. The van der Waals surface area contributed by atoms with E-state index in [1.807, 2.05) is 52.7 Å². The Bertz CT molecular complexity index is 1210. The second kappa shape index (κ2) is 8.02. The number of hydrogen-bond donors (Lipinski definition) is 1. The number of nitrogens with zero attached hydrogens (tertiary/aromatic N) is 4. The number of halogens is 2. The molecular weight excluding hydrogens is 429 g/mol. The number of hydrazone groups is 1. The summed E-state index contributed by atoms with van der Waals surface area (Å²) in [4.78, 5) is 17.4. The van der Waals surface area contributed by atoms with E-state index in [4.69, 9.17) is 23.2 Å². The van der Waals surface area contributed by atoms with Gasteiger partial charge >= 0.3 is 0 Å². The van der Waals surface area contributed by atoms with Crippen LogP contribution in [0, 0.1) is 13.8 Å². The minimum absolute atomic E-state index is 0.170. The highest BCUT2D eigenvalue weighted by atomic mass is 35.5. The topological polar surface area (TPSA) is 63.7 Å². The lowest BCUT2D eigenvalue weighted by molar-refractivity contribution is -0.120. The van der Waals surface area contributed by atoms with Crippen LogP contribution >= 0.6 is 34.5 Å². The van der Waals surface area contributed by atoms with Crippen LogP contribution in [0.1, 0.15) is 22.6 Å². The molecule has 4 aromatic rings. The molecule has 4 rings (SSSR count). The van der Waals surface area contributed by atoms with Gasteiger partial charge in [0.2, 0.25) is 5.91 Å². The monoisotopic (exact) mass is 445 g/mol. The molecule has 6 nitrogen and oxygen atoms in total. The summed E-state index contributed by atoms with van der Waals surface area (Å²) >= 11 is 14.0. The fraction of sp³-hybridized carbons (Fsp3) is 0.150. The number of aryl methyl sites for hydroxylation is 1. The van der Waals surface area contributed by atoms with E-state index in [0.29, 0.717) is 15.7 Å². The van der Waals surface area contributed by atoms with Crippen LogP contribution in [0.15, 0.2) is 47.1 Å². The zero-order valence-electron chi connectivity index (χ0n) is 15.7. The summed E-state index contributed by atoms with van der Waals surface area (Å²) in [6.07, 6.45) is 5.55. The fourth-order valence-electron chi connectivity index (χ4n) is 3.19. The highest BCUT2D eigenvalue weighted by molar-refractivity contribution is 7.15. The van der Waals surface area contributed by atoms with Crippen molar-refractivity contribution in [3.05, 3.63) is 74.7 Å². The van der Waals surface area contributed by atoms with Crippen LogP contribution in [0.25, 0.3) is 10.6 Å². The van der Waals surface area contributed by atoms with E-state index >= 15 is 0 Å². The maximum Gasteiger partial charge on any atom is 0.246 e. The van der Waals surface area contributed by atoms with Crippen LogP contribution in [0.2, 0.25) is 10.0 Å². The van der Waals surface area contributed by atoms with Crippen molar-refractivity contribution in [3.8, 4) is 5.69 Å². The van der Waals surface area contributed by atoms with Crippen LogP contribution < -0.4 is 5.43 Å². The molecule has 3 heterocycles. The maximum absolute atomic E-state index is 12.2. The molecule has 1 N–H and O–H groups in total. The Morgan fingerprint density at radius 2 is 2.14 bits per heavy atom. The number of amides is 1. The lowest BCUT2D eigenvalue weighted by Gasteiger charge is -2.12. The minimum Gasteiger partial charge on any atom is -0.316 e. The summed E-state index contributed by atoms with van der Waals surface area (Å²) in [6, 6.07) is 7.32. The number of thiazole rings is 1. The standard InChI is InChI=1S/C20H17Cl2N5OS/c1-12-7-14(13(2)27(12)18-8-15(21)3-4-17(18)22)10-23-25-19(28)9-16-11-26-5-6-29-20(26)24-16/h3-8,10-11H,9H2,1-2H3,(H,25,28). The zero-order valence-corrected chi connectivity index (χ0v) is 18.0. The van der Waals surface area contributed by atoms with Gasteiger partial charge in [-0.2, -0.15) is 5.10 Å². The highest BCUT2D eigenvalue weighted by Gasteiger charge is 2.13. The minimum atomic E-state index is -0.223. The van der Waals surface area contributed by atoms with Crippen molar-refractivity contribution in [2.75, 3.05) is 0 Å². The molecule has 0 saturated carbocycles. The van der Waals surface area contributed by atoms with E-state index in [2.05, 4.69) is 15.5 Å². The maximum atomic E-state index is 12.2. The quantitative estimate of drug-likeness (QED) is 0.354. The first kappa shape index (κ1) is 19.7. The van der Waals surface area contributed by atoms with Crippen LogP contribution in [0.3, 0.4) is 0 Å². The average Bonchev–Trinajstić information content (AvgIpc) is 3.32. The second-order valence-electron chi connectivity index (χ2n) is 6.55. The van der Waals surface area contributed by atoms with Gasteiger partial charge in [-0.25, -0.2) is 10.4 Å². The van der Waals surface area contributed by atoms with Crippen LogP contribution in [-0.2, 0) is 11.2 Å². The Morgan fingerprint density at radius 3 is 2.93 bits per heavy atom. The fourth-order valence-corrected chi connectivity index (χ4v) is 4.27. The molecular formula is C20H17Cl2N5OS. The summed E-state index contributed by atoms with van der Waals surface area (Å²) in [5.74, 6) is -0.223. The second-order valence-corrected chi connectivity index (χ2v) is 8.27. The average molecular weight is 446 g/mol. The number of benzene rings is 1. The molecule has 1 amide bonds. The molecule has 29 heavy (non-hydrogen) atoms. The Kier molecular flexibility index (Phi) is 5.45. The third kappa shape index (κ3) is 4.07. The molecule has 0 saturated heterocycles. The lowest BCUT2D eigenvalue weighted by Crippen LogP contribution is -2.20. The van der Waals surface area contributed by atoms with E-state index in [-0.39, 0.29) is 12.3 Å². The van der Waals surface area contributed by atoms with Crippen LogP contribution in [0.4, 0.5) is 0 Å². The van der Waals surface area contributed by atoms with Gasteiger partial charge in [0.05, 0.1) is 29.0 Å². The normalized spacial score (nSPS) is 11.6. The first-order valence-electron chi connectivity index (χ1n) is 8.79. The van der Waals surface area contributed by atoms with Crippen LogP contribution in [0.5, 0.6) is 0 Å². The Hall–Kier alpha value is -2.61. The number of hydrogen-bond acceptors (Lipinski definition) is 4. The summed E-state index contributed by atoms with van der Waals surface area (Å²) in [6.45, 7) is 3.94. The van der Waals surface area contributed by atoms with Crippen molar-refractivity contribution in [2.45, 2.75) is 20.3 Å². The van der Waals surface area contributed by atoms with Gasteiger partial charge in [-0.3, -0.25) is 9.20 Å². The van der Waals surface area contributed by atoms with Gasteiger partial charge in [-0.1, -0.05) is 23.2 Å². The summed E-state index contributed by atoms with van der Waals surface area (Å²) in [7, 11) is 0. The largest absolute Gasteiger partial charge is 0.316 e. The number of fused-ring (bicyclic) bond motifs is 1. The van der Waals surface area contributed by atoms with Crippen molar-refractivity contribution in [2.24, 2.45) is 5.10 Å². The molecule has 0 aliphatic rings. The van der Waals surface area contributed by atoms with Gasteiger partial charge in [0.1, 0.15) is 0 Å². The molecule has 0 aliphatic carbocycles. The summed E-state index contributed by atoms with van der Waals surface area (Å²) in [5.41, 5.74) is 6.87. The van der Waals surface area contributed by atoms with Crippen LogP contribution in [-0.4, -0.2) is 26.1 Å². The molecule has 0 bridgehead atoms. The Labute approximate surface area is 181 Å². The highest BCUT2D eigenvalue weighted by Crippen LogP contribution is 2.28. The zero-order chi connectivity index (χ0) is 20.5. The van der Waals surface area contributed by atoms with Gasteiger partial charge in [-0.05, 0) is 38.1 Å². The van der Waals surface area contributed by atoms with Gasteiger partial charge < -0.3 is 4.57 Å². The number of nitrogens with one attached hydrogen (secondary N) is 1. The van der Waals surface area contributed by atoms with Crippen molar-refractivity contribution >= 4 is 51.6 Å². The van der Waals surface area contributed by atoms with E-state index in [0.717, 1.165) is 27.6 Å². The van der Waals surface area contributed by atoms with E-state index < -0.39 is 0 Å². The van der Waals surface area contributed by atoms with Gasteiger partial charge in [0, 0.05) is 39.7 Å². The molecule has 0 fully saturated rings. The third-order valence-electron chi connectivity index (χ3n) is 4.50. The Morgan fingerprint density at radius 1 is 1.31 bits per heavy atom. The molecule has 0 atom stereocenters. The number of rotatable bonds is 5. The summed E-state index contributed by atoms with van der Waals surface area (Å²) < 4.78 is 3.90. The van der Waals surface area contributed by atoms with E-state index in [1.165, 1.54) is 11.3 Å². The van der Waals surface area contributed by atoms with Crippen molar-refractivity contribution < 1.29 is 4.79 Å². The van der Waals surface area contributed by atoms with Gasteiger partial charge in [0.25, 0.3) is 0 Å². The molecule has 9 heteroatoms. The number of carbonyl (C=O) groups excluding carboxylic acids is 1.